The van der Waals surface area contributed by atoms with E-state index in [-0.39, 0.29) is 5.91 Å². The molecule has 2 rings (SSSR count). The lowest BCUT2D eigenvalue weighted by Gasteiger charge is -2.03. The molecule has 0 aliphatic heterocycles. The molecule has 5 heteroatoms. The van der Waals surface area contributed by atoms with E-state index >= 15 is 0 Å². The number of carbonyl (C=O) groups is 1. The zero-order valence-corrected chi connectivity index (χ0v) is 10.3. The van der Waals surface area contributed by atoms with Crippen molar-refractivity contribution >= 4 is 5.91 Å². The van der Waals surface area contributed by atoms with Gasteiger partial charge < -0.3 is 11.1 Å². The molecule has 96 valence electrons. The van der Waals surface area contributed by atoms with Gasteiger partial charge in [0.2, 0.25) is 0 Å². The lowest BCUT2D eigenvalue weighted by atomic mass is 10.1. The zero-order chi connectivity index (χ0) is 13.5. The van der Waals surface area contributed by atoms with E-state index in [0.29, 0.717) is 18.7 Å². The van der Waals surface area contributed by atoms with E-state index in [0.717, 1.165) is 11.1 Å². The summed E-state index contributed by atoms with van der Waals surface area (Å²) in [6.45, 7) is 0.775. The maximum Gasteiger partial charge on any atom is 0.251 e. The Bertz CT molecular complexity index is 591. The van der Waals surface area contributed by atoms with Crippen LogP contribution < -0.4 is 11.1 Å². The second kappa shape index (κ2) is 6.38. The number of aromatic nitrogens is 2. The van der Waals surface area contributed by atoms with Crippen LogP contribution in [0.1, 0.15) is 21.5 Å². The van der Waals surface area contributed by atoms with Crippen LogP contribution in [0, 0.1) is 11.8 Å². The number of H-pyrrole nitrogens is 1. The van der Waals surface area contributed by atoms with E-state index < -0.39 is 0 Å². The Hall–Kier alpha value is -2.58. The van der Waals surface area contributed by atoms with E-state index in [1.807, 2.05) is 0 Å². The second-order valence-corrected chi connectivity index (χ2v) is 3.87. The Balaban J connectivity index is 1.95. The molecule has 19 heavy (non-hydrogen) atoms. The molecular weight excluding hydrogens is 240 g/mol. The van der Waals surface area contributed by atoms with E-state index in [4.69, 9.17) is 5.73 Å². The van der Waals surface area contributed by atoms with E-state index in [1.165, 1.54) is 0 Å². The Morgan fingerprint density at radius 2 is 2.16 bits per heavy atom. The molecule has 1 aromatic heterocycles. The summed E-state index contributed by atoms with van der Waals surface area (Å²) in [6, 6.07) is 7.08. The molecule has 1 amide bonds. The summed E-state index contributed by atoms with van der Waals surface area (Å²) in [7, 11) is 0. The van der Waals surface area contributed by atoms with Crippen LogP contribution in [0.3, 0.4) is 0 Å². The maximum atomic E-state index is 11.9. The summed E-state index contributed by atoms with van der Waals surface area (Å²) in [5.41, 5.74) is 7.67. The fourth-order valence-electron chi connectivity index (χ4n) is 1.52. The summed E-state index contributed by atoms with van der Waals surface area (Å²) in [6.07, 6.45) is 3.41. The van der Waals surface area contributed by atoms with Crippen LogP contribution in [0.5, 0.6) is 0 Å². The molecule has 0 bridgehead atoms. The molecular formula is C14H14N4O. The molecule has 2 aromatic rings. The van der Waals surface area contributed by atoms with Gasteiger partial charge in [0.25, 0.3) is 5.91 Å². The minimum Gasteiger partial charge on any atom is -0.348 e. The predicted octanol–water partition coefficient (Wildman–Crippen LogP) is 0.650. The number of hydrogen-bond acceptors (Lipinski definition) is 3. The smallest absolute Gasteiger partial charge is 0.251 e. The number of amides is 1. The predicted molar refractivity (Wildman–Crippen MR) is 72.1 cm³/mol. The monoisotopic (exact) mass is 254 g/mol. The summed E-state index contributed by atoms with van der Waals surface area (Å²) < 4.78 is 0. The van der Waals surface area contributed by atoms with E-state index in [1.54, 1.807) is 36.7 Å². The van der Waals surface area contributed by atoms with Crippen molar-refractivity contribution in [2.45, 2.75) is 6.54 Å². The van der Waals surface area contributed by atoms with Crippen molar-refractivity contribution < 1.29 is 4.79 Å². The van der Waals surface area contributed by atoms with E-state index in [2.05, 4.69) is 27.4 Å². The van der Waals surface area contributed by atoms with Crippen LogP contribution in [0.2, 0.25) is 0 Å². The van der Waals surface area contributed by atoms with E-state index in [9.17, 15) is 4.79 Å². The number of nitrogens with two attached hydrogens (primary N) is 1. The number of benzene rings is 1. The molecule has 0 fully saturated rings. The molecule has 4 N–H and O–H groups in total. The van der Waals surface area contributed by atoms with Gasteiger partial charge in [-0.25, -0.2) is 0 Å². The average molecular weight is 254 g/mol. The average Bonchev–Trinajstić information content (AvgIpc) is 2.96. The summed E-state index contributed by atoms with van der Waals surface area (Å²) in [4.78, 5) is 11.9. The van der Waals surface area contributed by atoms with Gasteiger partial charge in [0.1, 0.15) is 0 Å². The first-order valence-electron chi connectivity index (χ1n) is 5.84. The molecule has 1 aromatic carbocycles. The number of hydrogen-bond donors (Lipinski definition) is 3. The highest BCUT2D eigenvalue weighted by Gasteiger charge is 2.04. The van der Waals surface area contributed by atoms with Crippen LogP contribution in [0.15, 0.2) is 36.7 Å². The molecule has 0 spiro atoms. The SMILES string of the molecule is NCC#Cc1ccc(C(=O)NCc2cn[nH]c2)cc1. The number of carbonyl (C=O) groups excluding carboxylic acids is 1. The van der Waals surface area contributed by atoms with Crippen molar-refractivity contribution in [1.82, 2.24) is 15.5 Å². The highest BCUT2D eigenvalue weighted by atomic mass is 16.1. The van der Waals surface area contributed by atoms with Gasteiger partial charge in [-0.3, -0.25) is 9.89 Å². The number of nitrogens with zero attached hydrogens (tertiary/aromatic N) is 1. The van der Waals surface area contributed by atoms with Crippen LogP contribution in [0.25, 0.3) is 0 Å². The standard InChI is InChI=1S/C14H14N4O/c15-7-1-2-11-3-5-13(6-4-11)14(19)16-8-12-9-17-18-10-12/h3-6,9-10H,7-8,15H2,(H,16,19)(H,17,18). The second-order valence-electron chi connectivity index (χ2n) is 3.87. The first-order valence-corrected chi connectivity index (χ1v) is 5.84. The van der Waals surface area contributed by atoms with Gasteiger partial charge >= 0.3 is 0 Å². The number of nitrogens with one attached hydrogen (secondary N) is 2. The van der Waals surface area contributed by atoms with Gasteiger partial charge in [-0.05, 0) is 24.3 Å². The molecule has 0 atom stereocenters. The third-order valence-electron chi connectivity index (χ3n) is 2.49. The summed E-state index contributed by atoms with van der Waals surface area (Å²) in [5.74, 6) is 5.54. The molecule has 0 aliphatic rings. The fourth-order valence-corrected chi connectivity index (χ4v) is 1.52. The van der Waals surface area contributed by atoms with Crippen molar-refractivity contribution in [1.29, 1.82) is 0 Å². The van der Waals surface area contributed by atoms with Gasteiger partial charge in [-0.15, -0.1) is 0 Å². The van der Waals surface area contributed by atoms with Crippen molar-refractivity contribution in [2.75, 3.05) is 6.54 Å². The normalized spacial score (nSPS) is 9.53. The van der Waals surface area contributed by atoms with Crippen molar-refractivity contribution in [3.05, 3.63) is 53.3 Å². The number of aromatic amines is 1. The summed E-state index contributed by atoms with van der Waals surface area (Å²) >= 11 is 0. The zero-order valence-electron chi connectivity index (χ0n) is 10.3. The summed E-state index contributed by atoms with van der Waals surface area (Å²) in [5, 5.41) is 9.31. The molecule has 5 nitrogen and oxygen atoms in total. The Morgan fingerprint density at radius 1 is 1.37 bits per heavy atom. The molecule has 0 saturated heterocycles. The van der Waals surface area contributed by atoms with Gasteiger partial charge in [-0.1, -0.05) is 11.8 Å². The first-order chi connectivity index (χ1) is 9.29. The lowest BCUT2D eigenvalue weighted by Crippen LogP contribution is -2.22. The van der Waals surface area contributed by atoms with Crippen LogP contribution in [-0.2, 0) is 6.54 Å². The number of rotatable bonds is 3. The Labute approximate surface area is 111 Å². The maximum absolute atomic E-state index is 11.9. The van der Waals surface area contributed by atoms with Crippen LogP contribution >= 0.6 is 0 Å². The quantitative estimate of drug-likeness (QED) is 0.703. The van der Waals surface area contributed by atoms with Crippen molar-refractivity contribution in [2.24, 2.45) is 5.73 Å². The van der Waals surface area contributed by atoms with Gasteiger partial charge in [0.05, 0.1) is 12.7 Å². The molecule has 0 aliphatic carbocycles. The third-order valence-corrected chi connectivity index (χ3v) is 2.49. The van der Waals surface area contributed by atoms with Gasteiger partial charge in [0, 0.05) is 29.4 Å². The van der Waals surface area contributed by atoms with Crippen molar-refractivity contribution in [3.63, 3.8) is 0 Å². The Morgan fingerprint density at radius 3 is 2.79 bits per heavy atom. The third kappa shape index (κ3) is 3.69. The minimum absolute atomic E-state index is 0.125. The molecule has 0 radical (unpaired) electrons. The fraction of sp³-hybridized carbons (Fsp3) is 0.143. The Kier molecular flexibility index (Phi) is 4.32. The largest absolute Gasteiger partial charge is 0.348 e. The minimum atomic E-state index is -0.125. The molecule has 0 unspecified atom stereocenters. The topological polar surface area (TPSA) is 83.8 Å². The van der Waals surface area contributed by atoms with Crippen LogP contribution in [-0.4, -0.2) is 22.6 Å². The first kappa shape index (κ1) is 12.9. The highest BCUT2D eigenvalue weighted by Crippen LogP contribution is 2.04. The van der Waals surface area contributed by atoms with Gasteiger partial charge in [-0.2, -0.15) is 5.10 Å². The lowest BCUT2D eigenvalue weighted by molar-refractivity contribution is 0.0951. The van der Waals surface area contributed by atoms with Gasteiger partial charge in [0.15, 0.2) is 0 Å². The molecule has 0 saturated carbocycles. The van der Waals surface area contributed by atoms with Crippen LogP contribution in [0.4, 0.5) is 0 Å². The van der Waals surface area contributed by atoms with Crippen molar-refractivity contribution in [3.8, 4) is 11.8 Å². The molecule has 1 heterocycles. The highest BCUT2D eigenvalue weighted by molar-refractivity contribution is 5.94.